The van der Waals surface area contributed by atoms with Crippen LogP contribution in [-0.4, -0.2) is 41.0 Å². The summed E-state index contributed by atoms with van der Waals surface area (Å²) in [5, 5.41) is 8.63. The second-order valence-corrected chi connectivity index (χ2v) is 6.73. The molecule has 0 aliphatic carbocycles. The van der Waals surface area contributed by atoms with Crippen LogP contribution in [0.2, 0.25) is 0 Å². The minimum Gasteiger partial charge on any atom is -0.351 e. The summed E-state index contributed by atoms with van der Waals surface area (Å²) >= 11 is 1.60. The monoisotopic (exact) mass is 345 g/mol. The van der Waals surface area contributed by atoms with Gasteiger partial charge in [-0.05, 0) is 37.3 Å². The van der Waals surface area contributed by atoms with Gasteiger partial charge in [0.2, 0.25) is 11.7 Å². The van der Waals surface area contributed by atoms with Gasteiger partial charge in [-0.25, -0.2) is 0 Å². The number of hydrogen-bond donors (Lipinski definition) is 1. The minimum atomic E-state index is -0.252. The fraction of sp³-hybridized carbons (Fsp3) is 0.353. The third-order valence-electron chi connectivity index (χ3n) is 3.93. The fourth-order valence-electron chi connectivity index (χ4n) is 2.62. The predicted octanol–water partition coefficient (Wildman–Crippen LogP) is 2.48. The van der Waals surface area contributed by atoms with Crippen molar-refractivity contribution in [2.24, 2.45) is 0 Å². The number of thiophene rings is 1. The number of aryl methyl sites for hydroxylation is 1. The molecule has 24 heavy (non-hydrogen) atoms. The molecule has 0 atom stereocenters. The van der Waals surface area contributed by atoms with Crippen LogP contribution in [-0.2, 0) is 4.79 Å². The first kappa shape index (κ1) is 16.4. The molecular formula is C17H19N3O3S. The van der Waals surface area contributed by atoms with Gasteiger partial charge in [0.1, 0.15) is 0 Å². The maximum Gasteiger partial charge on any atom is 0.290 e. The number of amides is 2. The third-order valence-corrected chi connectivity index (χ3v) is 4.76. The molecule has 2 aromatic rings. The summed E-state index contributed by atoms with van der Waals surface area (Å²) in [4.78, 5) is 27.1. The van der Waals surface area contributed by atoms with E-state index in [9.17, 15) is 9.59 Å². The van der Waals surface area contributed by atoms with E-state index in [1.807, 2.05) is 28.5 Å². The number of nitrogens with zero attached hydrogens (tertiary/aromatic N) is 2. The van der Waals surface area contributed by atoms with Gasteiger partial charge in [-0.3, -0.25) is 9.59 Å². The Morgan fingerprint density at radius 2 is 2.21 bits per heavy atom. The summed E-state index contributed by atoms with van der Waals surface area (Å²) in [5.74, 6) is -0.0121. The zero-order chi connectivity index (χ0) is 16.9. The van der Waals surface area contributed by atoms with Crippen LogP contribution in [0.15, 0.2) is 34.2 Å². The molecule has 1 aliphatic rings. The van der Waals surface area contributed by atoms with Gasteiger partial charge in [-0.15, -0.1) is 11.3 Å². The molecule has 0 radical (unpaired) electrons. The van der Waals surface area contributed by atoms with Crippen molar-refractivity contribution in [2.45, 2.75) is 25.8 Å². The summed E-state index contributed by atoms with van der Waals surface area (Å²) in [6, 6.07) is 5.59. The Balaban J connectivity index is 1.47. The number of piperidine rings is 1. The van der Waals surface area contributed by atoms with Gasteiger partial charge >= 0.3 is 0 Å². The van der Waals surface area contributed by atoms with E-state index in [2.05, 4.69) is 10.5 Å². The summed E-state index contributed by atoms with van der Waals surface area (Å²) < 4.78 is 4.96. The van der Waals surface area contributed by atoms with Gasteiger partial charge in [0.15, 0.2) is 0 Å². The Bertz CT molecular complexity index is 728. The number of rotatable bonds is 4. The van der Waals surface area contributed by atoms with Gasteiger partial charge < -0.3 is 14.7 Å². The molecule has 0 spiro atoms. The highest BCUT2D eigenvalue weighted by Gasteiger charge is 2.24. The van der Waals surface area contributed by atoms with Gasteiger partial charge in [0, 0.05) is 36.2 Å². The number of likely N-dealkylation sites (tertiary alicyclic amines) is 1. The van der Waals surface area contributed by atoms with E-state index in [0.29, 0.717) is 18.8 Å². The molecule has 1 N–H and O–H groups in total. The molecule has 3 rings (SSSR count). The number of nitrogens with one attached hydrogen (secondary N) is 1. The lowest BCUT2D eigenvalue weighted by Crippen LogP contribution is -2.46. The maximum atomic E-state index is 12.2. The van der Waals surface area contributed by atoms with Gasteiger partial charge in [0.25, 0.3) is 5.91 Å². The number of hydrogen-bond acceptors (Lipinski definition) is 5. The molecule has 2 aromatic heterocycles. The SMILES string of the molecule is Cc1cc(C(=O)NC2CCN(C(=O)C=Cc3cccs3)CC2)on1. The average Bonchev–Trinajstić information content (AvgIpc) is 3.25. The van der Waals surface area contributed by atoms with Crippen LogP contribution in [0.5, 0.6) is 0 Å². The third kappa shape index (κ3) is 4.11. The molecular weight excluding hydrogens is 326 g/mol. The summed E-state index contributed by atoms with van der Waals surface area (Å²) in [6.07, 6.45) is 4.92. The maximum absolute atomic E-state index is 12.2. The highest BCUT2D eigenvalue weighted by Crippen LogP contribution is 2.14. The zero-order valence-corrected chi connectivity index (χ0v) is 14.2. The molecule has 0 bridgehead atoms. The molecule has 126 valence electrons. The van der Waals surface area contributed by atoms with E-state index in [-0.39, 0.29) is 23.6 Å². The lowest BCUT2D eigenvalue weighted by molar-refractivity contribution is -0.126. The standard InChI is InChI=1S/C17H19N3O3S/c1-12-11-15(23-19-12)17(22)18-13-6-8-20(9-7-13)16(21)5-4-14-3-2-10-24-14/h2-5,10-11,13H,6-9H2,1H3,(H,18,22). The normalized spacial score (nSPS) is 15.8. The van der Waals surface area contributed by atoms with Crippen LogP contribution in [0.25, 0.3) is 6.08 Å². The molecule has 0 saturated carbocycles. The van der Waals surface area contributed by atoms with Crippen molar-refractivity contribution in [1.82, 2.24) is 15.4 Å². The summed E-state index contributed by atoms with van der Waals surface area (Å²) in [6.45, 7) is 3.04. The van der Waals surface area contributed by atoms with Crippen LogP contribution in [0, 0.1) is 6.92 Å². The highest BCUT2D eigenvalue weighted by molar-refractivity contribution is 7.10. The van der Waals surface area contributed by atoms with Crippen molar-refractivity contribution in [2.75, 3.05) is 13.1 Å². The number of carbonyl (C=O) groups excluding carboxylic acids is 2. The van der Waals surface area contributed by atoms with E-state index in [0.717, 1.165) is 17.7 Å². The van der Waals surface area contributed by atoms with Crippen molar-refractivity contribution in [1.29, 1.82) is 0 Å². The second-order valence-electron chi connectivity index (χ2n) is 5.75. The zero-order valence-electron chi connectivity index (χ0n) is 13.4. The first-order valence-electron chi connectivity index (χ1n) is 7.86. The van der Waals surface area contributed by atoms with E-state index < -0.39 is 0 Å². The molecule has 1 aliphatic heterocycles. The second kappa shape index (κ2) is 7.44. The summed E-state index contributed by atoms with van der Waals surface area (Å²) in [7, 11) is 0. The molecule has 0 unspecified atom stereocenters. The lowest BCUT2D eigenvalue weighted by atomic mass is 10.0. The summed E-state index contributed by atoms with van der Waals surface area (Å²) in [5.41, 5.74) is 0.679. The van der Waals surface area contributed by atoms with Crippen molar-refractivity contribution >= 4 is 29.2 Å². The van der Waals surface area contributed by atoms with E-state index >= 15 is 0 Å². The largest absolute Gasteiger partial charge is 0.351 e. The Kier molecular flexibility index (Phi) is 5.10. The average molecular weight is 345 g/mol. The Hall–Kier alpha value is -2.41. The minimum absolute atomic E-state index is 0.0130. The van der Waals surface area contributed by atoms with E-state index in [4.69, 9.17) is 4.52 Å². The van der Waals surface area contributed by atoms with Crippen molar-refractivity contribution < 1.29 is 14.1 Å². The van der Waals surface area contributed by atoms with Gasteiger partial charge in [0.05, 0.1) is 5.69 Å². The van der Waals surface area contributed by atoms with Crippen LogP contribution in [0.4, 0.5) is 0 Å². The van der Waals surface area contributed by atoms with Crippen LogP contribution < -0.4 is 5.32 Å². The predicted molar refractivity (Wildman–Crippen MR) is 91.7 cm³/mol. The molecule has 0 aromatic carbocycles. The molecule has 7 heteroatoms. The topological polar surface area (TPSA) is 75.4 Å². The molecule has 6 nitrogen and oxygen atoms in total. The molecule has 3 heterocycles. The Morgan fingerprint density at radius 1 is 1.42 bits per heavy atom. The van der Waals surface area contributed by atoms with E-state index in [1.54, 1.807) is 30.4 Å². The van der Waals surface area contributed by atoms with Crippen molar-refractivity contribution in [3.8, 4) is 0 Å². The first-order chi connectivity index (χ1) is 11.6. The van der Waals surface area contributed by atoms with Crippen molar-refractivity contribution in [3.63, 3.8) is 0 Å². The van der Waals surface area contributed by atoms with E-state index in [1.165, 1.54) is 0 Å². The first-order valence-corrected chi connectivity index (χ1v) is 8.74. The Labute approximate surface area is 144 Å². The lowest BCUT2D eigenvalue weighted by Gasteiger charge is -2.31. The highest BCUT2D eigenvalue weighted by atomic mass is 32.1. The quantitative estimate of drug-likeness (QED) is 0.864. The molecule has 1 fully saturated rings. The van der Waals surface area contributed by atoms with Crippen LogP contribution in [0.3, 0.4) is 0 Å². The van der Waals surface area contributed by atoms with Gasteiger partial charge in [-0.1, -0.05) is 11.2 Å². The molecule has 2 amide bonds. The number of carbonyl (C=O) groups is 2. The fourth-order valence-corrected chi connectivity index (χ4v) is 3.23. The Morgan fingerprint density at radius 3 is 2.83 bits per heavy atom. The van der Waals surface area contributed by atoms with Crippen LogP contribution >= 0.6 is 11.3 Å². The smallest absolute Gasteiger partial charge is 0.290 e. The van der Waals surface area contributed by atoms with Crippen LogP contribution in [0.1, 0.15) is 34.0 Å². The van der Waals surface area contributed by atoms with Gasteiger partial charge in [-0.2, -0.15) is 0 Å². The number of aromatic nitrogens is 1. The molecule has 1 saturated heterocycles. The van der Waals surface area contributed by atoms with Crippen molar-refractivity contribution in [3.05, 3.63) is 46.0 Å².